The normalized spacial score (nSPS) is 21.3. The number of rotatable bonds is 5. The molecule has 0 unspecified atom stereocenters. The van der Waals surface area contributed by atoms with Gasteiger partial charge in [-0.1, -0.05) is 31.5 Å². The van der Waals surface area contributed by atoms with E-state index in [4.69, 9.17) is 0 Å². The molecule has 1 saturated heterocycles. The molecule has 0 bridgehead atoms. The summed E-state index contributed by atoms with van der Waals surface area (Å²) in [6.45, 7) is 14.2. The highest BCUT2D eigenvalue weighted by Gasteiger charge is 2.30. The smallest absolute Gasteiger partial charge is 0.239 e. The number of nitrogens with zero attached hydrogens (tertiary/aromatic N) is 2. The van der Waals surface area contributed by atoms with E-state index in [1.807, 2.05) is 37.6 Å². The van der Waals surface area contributed by atoms with Crippen LogP contribution in [-0.4, -0.2) is 54.3 Å². The fourth-order valence-electron chi connectivity index (χ4n) is 4.22. The Kier molecular flexibility index (Phi) is 7.04. The number of carbonyl (C=O) groups excluding carboxylic acids is 2. The zero-order valence-electron chi connectivity index (χ0n) is 17.9. The van der Waals surface area contributed by atoms with Gasteiger partial charge >= 0.3 is 0 Å². The van der Waals surface area contributed by atoms with Crippen LogP contribution in [0.2, 0.25) is 0 Å². The summed E-state index contributed by atoms with van der Waals surface area (Å²) in [4.78, 5) is 29.2. The predicted molar refractivity (Wildman–Crippen MR) is 111 cm³/mol. The Morgan fingerprint density at radius 2 is 1.67 bits per heavy atom. The molecule has 1 heterocycles. The van der Waals surface area contributed by atoms with Gasteiger partial charge in [-0.3, -0.25) is 14.5 Å². The Morgan fingerprint density at radius 1 is 1.15 bits per heavy atom. The van der Waals surface area contributed by atoms with Crippen molar-refractivity contribution in [2.24, 2.45) is 11.8 Å². The van der Waals surface area contributed by atoms with Crippen LogP contribution in [0.1, 0.15) is 43.9 Å². The van der Waals surface area contributed by atoms with Crippen LogP contribution >= 0.6 is 0 Å². The van der Waals surface area contributed by atoms with Gasteiger partial charge < -0.3 is 10.2 Å². The molecule has 0 spiro atoms. The maximum absolute atomic E-state index is 12.9. The number of carbonyl (C=O) groups is 2. The van der Waals surface area contributed by atoms with Crippen LogP contribution in [0, 0.1) is 32.6 Å². The standard InChI is InChI=1S/C22H35N3O2/c1-14-9-17(4)21(18(5)10-14)23-20(26)13-24(7)19(6)22(27)25-11-15(2)8-16(3)12-25/h9-10,15-16,19H,8,11-13H2,1-7H3,(H,23,26)/t15-,16+,19-/m0/s1. The molecule has 1 aliphatic rings. The van der Waals surface area contributed by atoms with Crippen molar-refractivity contribution < 1.29 is 9.59 Å². The molecule has 0 aromatic heterocycles. The van der Waals surface area contributed by atoms with Crippen molar-refractivity contribution in [2.75, 3.05) is 32.0 Å². The number of amides is 2. The molecular formula is C22H35N3O2. The molecule has 150 valence electrons. The van der Waals surface area contributed by atoms with Gasteiger partial charge in [-0.05, 0) is 64.1 Å². The summed E-state index contributed by atoms with van der Waals surface area (Å²) in [6.07, 6.45) is 1.17. The van der Waals surface area contributed by atoms with Crippen molar-refractivity contribution in [2.45, 2.75) is 54.0 Å². The summed E-state index contributed by atoms with van der Waals surface area (Å²) < 4.78 is 0. The average molecular weight is 374 g/mol. The minimum absolute atomic E-state index is 0.0902. The lowest BCUT2D eigenvalue weighted by Crippen LogP contribution is -2.51. The van der Waals surface area contributed by atoms with E-state index in [2.05, 4.69) is 38.2 Å². The van der Waals surface area contributed by atoms with E-state index >= 15 is 0 Å². The van der Waals surface area contributed by atoms with Gasteiger partial charge in [0.1, 0.15) is 0 Å². The molecule has 1 N–H and O–H groups in total. The summed E-state index contributed by atoms with van der Waals surface area (Å²) in [5, 5.41) is 3.02. The number of anilines is 1. The highest BCUT2D eigenvalue weighted by Crippen LogP contribution is 2.23. The van der Waals surface area contributed by atoms with Gasteiger partial charge in [0.2, 0.25) is 11.8 Å². The first kappa shape index (κ1) is 21.4. The van der Waals surface area contributed by atoms with Crippen LogP contribution in [-0.2, 0) is 9.59 Å². The number of likely N-dealkylation sites (N-methyl/N-ethyl adjacent to an activating group) is 1. The lowest BCUT2D eigenvalue weighted by atomic mass is 9.91. The van der Waals surface area contributed by atoms with E-state index in [1.54, 1.807) is 0 Å². The summed E-state index contributed by atoms with van der Waals surface area (Å²) in [5.74, 6) is 1.09. The number of hydrogen-bond donors (Lipinski definition) is 1. The SMILES string of the molecule is Cc1cc(C)c(NC(=O)CN(C)[C@@H](C)C(=O)N2C[C@H](C)C[C@H](C)C2)c(C)c1. The molecule has 27 heavy (non-hydrogen) atoms. The van der Waals surface area contributed by atoms with E-state index < -0.39 is 0 Å². The molecule has 0 radical (unpaired) electrons. The van der Waals surface area contributed by atoms with E-state index in [0.29, 0.717) is 11.8 Å². The van der Waals surface area contributed by atoms with Crippen LogP contribution in [0.4, 0.5) is 5.69 Å². The average Bonchev–Trinajstić information content (AvgIpc) is 2.55. The minimum Gasteiger partial charge on any atom is -0.341 e. The third kappa shape index (κ3) is 5.55. The quantitative estimate of drug-likeness (QED) is 0.861. The molecular weight excluding hydrogens is 338 g/mol. The molecule has 1 fully saturated rings. The molecule has 3 atom stereocenters. The first-order valence-electron chi connectivity index (χ1n) is 9.95. The molecule has 5 heteroatoms. The highest BCUT2D eigenvalue weighted by molar-refractivity contribution is 5.94. The molecule has 2 rings (SSSR count). The Morgan fingerprint density at radius 3 is 2.19 bits per heavy atom. The number of nitrogens with one attached hydrogen (secondary N) is 1. The third-order valence-electron chi connectivity index (χ3n) is 5.53. The Bertz CT molecular complexity index is 668. The minimum atomic E-state index is -0.312. The van der Waals surface area contributed by atoms with Crippen molar-refractivity contribution >= 4 is 17.5 Å². The van der Waals surface area contributed by atoms with Crippen LogP contribution < -0.4 is 5.32 Å². The number of hydrogen-bond acceptors (Lipinski definition) is 3. The molecule has 1 aromatic carbocycles. The molecule has 2 amide bonds. The van der Waals surface area contributed by atoms with Crippen molar-refractivity contribution in [1.29, 1.82) is 0 Å². The summed E-state index contributed by atoms with van der Waals surface area (Å²) in [7, 11) is 1.84. The molecule has 1 aromatic rings. The zero-order chi connectivity index (χ0) is 20.3. The van der Waals surface area contributed by atoms with Crippen LogP contribution in [0.5, 0.6) is 0 Å². The highest BCUT2D eigenvalue weighted by atomic mass is 16.2. The Hall–Kier alpha value is -1.88. The van der Waals surface area contributed by atoms with Gasteiger partial charge in [0.25, 0.3) is 0 Å². The first-order chi connectivity index (χ1) is 12.6. The van der Waals surface area contributed by atoms with E-state index in [1.165, 1.54) is 12.0 Å². The molecule has 0 saturated carbocycles. The molecule has 1 aliphatic heterocycles. The van der Waals surface area contributed by atoms with Gasteiger partial charge in [-0.25, -0.2) is 0 Å². The van der Waals surface area contributed by atoms with E-state index in [0.717, 1.165) is 29.9 Å². The van der Waals surface area contributed by atoms with Gasteiger partial charge in [0.05, 0.1) is 12.6 Å². The van der Waals surface area contributed by atoms with Crippen molar-refractivity contribution in [1.82, 2.24) is 9.80 Å². The molecule has 5 nitrogen and oxygen atoms in total. The largest absolute Gasteiger partial charge is 0.341 e. The topological polar surface area (TPSA) is 52.7 Å². The summed E-state index contributed by atoms with van der Waals surface area (Å²) in [5.41, 5.74) is 4.17. The zero-order valence-corrected chi connectivity index (χ0v) is 17.9. The number of piperidine rings is 1. The van der Waals surface area contributed by atoms with Crippen LogP contribution in [0.15, 0.2) is 12.1 Å². The van der Waals surface area contributed by atoms with Crippen molar-refractivity contribution in [3.8, 4) is 0 Å². The second-order valence-corrected chi connectivity index (χ2v) is 8.60. The van der Waals surface area contributed by atoms with Crippen LogP contribution in [0.25, 0.3) is 0 Å². The second-order valence-electron chi connectivity index (χ2n) is 8.60. The fraction of sp³-hybridized carbons (Fsp3) is 0.636. The van der Waals surface area contributed by atoms with Gasteiger partial charge in [-0.15, -0.1) is 0 Å². The van der Waals surface area contributed by atoms with Crippen LogP contribution in [0.3, 0.4) is 0 Å². The van der Waals surface area contributed by atoms with Gasteiger partial charge in [-0.2, -0.15) is 0 Å². The first-order valence-corrected chi connectivity index (χ1v) is 9.95. The van der Waals surface area contributed by atoms with Gasteiger partial charge in [0.15, 0.2) is 0 Å². The Balaban J connectivity index is 1.96. The van der Waals surface area contributed by atoms with Gasteiger partial charge in [0, 0.05) is 18.8 Å². The Labute approximate surface area is 164 Å². The lowest BCUT2D eigenvalue weighted by molar-refractivity contribution is -0.139. The second kappa shape index (κ2) is 8.87. The maximum atomic E-state index is 12.9. The number of likely N-dealkylation sites (tertiary alicyclic amines) is 1. The summed E-state index contributed by atoms with van der Waals surface area (Å²) in [6, 6.07) is 3.82. The van der Waals surface area contributed by atoms with Crippen molar-refractivity contribution in [3.05, 3.63) is 28.8 Å². The molecule has 0 aliphatic carbocycles. The van der Waals surface area contributed by atoms with E-state index in [9.17, 15) is 9.59 Å². The monoisotopic (exact) mass is 373 g/mol. The predicted octanol–water partition coefficient (Wildman–Crippen LogP) is 3.38. The number of benzene rings is 1. The number of aryl methyl sites for hydroxylation is 3. The van der Waals surface area contributed by atoms with Crippen molar-refractivity contribution in [3.63, 3.8) is 0 Å². The lowest BCUT2D eigenvalue weighted by Gasteiger charge is -2.38. The maximum Gasteiger partial charge on any atom is 0.239 e. The van der Waals surface area contributed by atoms with E-state index in [-0.39, 0.29) is 24.4 Å². The third-order valence-corrected chi connectivity index (χ3v) is 5.53. The fourth-order valence-corrected chi connectivity index (χ4v) is 4.22. The summed E-state index contributed by atoms with van der Waals surface area (Å²) >= 11 is 0.